The van der Waals surface area contributed by atoms with E-state index in [2.05, 4.69) is 17.9 Å². The topological polar surface area (TPSA) is 29.5 Å². The molecule has 2 nitrogen and oxygen atoms in total. The van der Waals surface area contributed by atoms with Crippen LogP contribution in [0.15, 0.2) is 24.8 Å². The lowest BCUT2D eigenvalue weighted by Crippen LogP contribution is -1.76. The Morgan fingerprint density at radius 1 is 1.70 bits per heavy atom. The first-order chi connectivity index (χ1) is 4.68. The van der Waals surface area contributed by atoms with Gasteiger partial charge in [0.05, 0.1) is 13.2 Å². The van der Waals surface area contributed by atoms with Crippen molar-refractivity contribution in [3.8, 4) is 0 Å². The van der Waals surface area contributed by atoms with Crippen molar-refractivity contribution in [1.82, 2.24) is 0 Å². The molecule has 0 atom stereocenters. The summed E-state index contributed by atoms with van der Waals surface area (Å²) in [5.74, 6) is 0. The van der Waals surface area contributed by atoms with E-state index in [-0.39, 0.29) is 6.61 Å². The number of methoxy groups -OCH3 is 1. The molecular weight excluding hydrogens is 128 g/mol. The Kier molecular flexibility index (Phi) is 13.6. The van der Waals surface area contributed by atoms with Crippen molar-refractivity contribution < 1.29 is 9.84 Å². The van der Waals surface area contributed by atoms with Gasteiger partial charge in [0.25, 0.3) is 0 Å². The van der Waals surface area contributed by atoms with Crippen LogP contribution in [0.1, 0.15) is 6.92 Å². The van der Waals surface area contributed by atoms with Crippen molar-refractivity contribution in [2.24, 2.45) is 0 Å². The van der Waals surface area contributed by atoms with E-state index >= 15 is 0 Å². The maximum absolute atomic E-state index is 8.04. The van der Waals surface area contributed by atoms with Gasteiger partial charge in [-0.25, -0.2) is 0 Å². The lowest BCUT2D eigenvalue weighted by atomic mass is 10.4. The van der Waals surface area contributed by atoms with Crippen LogP contribution >= 0.6 is 0 Å². The van der Waals surface area contributed by atoms with Crippen LogP contribution in [0.25, 0.3) is 0 Å². The second-order valence-electron chi connectivity index (χ2n) is 1.86. The molecule has 0 aliphatic carbocycles. The molecule has 2 heteroatoms. The summed E-state index contributed by atoms with van der Waals surface area (Å²) in [6.45, 7) is 9.39. The molecule has 0 bridgehead atoms. The van der Waals surface area contributed by atoms with E-state index in [0.29, 0.717) is 6.61 Å². The Balaban J connectivity index is 0. The SMILES string of the molecule is C=C(C)CO.C=CCOC. The molecule has 0 aliphatic rings. The van der Waals surface area contributed by atoms with Crippen molar-refractivity contribution >= 4 is 0 Å². The molecule has 0 saturated carbocycles. The minimum absolute atomic E-state index is 0.111. The molecule has 0 heterocycles. The second kappa shape index (κ2) is 11.2. The molecule has 0 saturated heterocycles. The summed E-state index contributed by atoms with van der Waals surface area (Å²) in [5, 5.41) is 8.04. The fourth-order valence-corrected chi connectivity index (χ4v) is 0.118. The van der Waals surface area contributed by atoms with Crippen LogP contribution in [0, 0.1) is 0 Å². The summed E-state index contributed by atoms with van der Waals surface area (Å²) in [7, 11) is 1.64. The highest BCUT2D eigenvalue weighted by atomic mass is 16.5. The minimum Gasteiger partial charge on any atom is -0.392 e. The van der Waals surface area contributed by atoms with Gasteiger partial charge in [-0.05, 0) is 6.92 Å². The van der Waals surface area contributed by atoms with Crippen LogP contribution in [0.3, 0.4) is 0 Å². The van der Waals surface area contributed by atoms with Gasteiger partial charge in [-0.1, -0.05) is 18.2 Å². The van der Waals surface area contributed by atoms with Crippen molar-refractivity contribution in [2.75, 3.05) is 20.3 Å². The average Bonchev–Trinajstić information content (AvgIpc) is 1.91. The maximum Gasteiger partial charge on any atom is 0.0641 e. The lowest BCUT2D eigenvalue weighted by molar-refractivity contribution is 0.234. The molecule has 0 aromatic rings. The summed E-state index contributed by atoms with van der Waals surface area (Å²) >= 11 is 0. The van der Waals surface area contributed by atoms with Crippen LogP contribution in [0.2, 0.25) is 0 Å². The van der Waals surface area contributed by atoms with Gasteiger partial charge in [-0.3, -0.25) is 0 Å². The van der Waals surface area contributed by atoms with E-state index in [1.165, 1.54) is 0 Å². The molecular formula is C8H16O2. The zero-order chi connectivity index (χ0) is 8.41. The molecule has 0 rings (SSSR count). The van der Waals surface area contributed by atoms with Gasteiger partial charge >= 0.3 is 0 Å². The first-order valence-electron chi connectivity index (χ1n) is 3.04. The van der Waals surface area contributed by atoms with Crippen LogP contribution in [-0.2, 0) is 4.74 Å². The summed E-state index contributed by atoms with van der Waals surface area (Å²) in [6, 6.07) is 0. The molecule has 0 aromatic carbocycles. The van der Waals surface area contributed by atoms with Gasteiger partial charge < -0.3 is 9.84 Å². The van der Waals surface area contributed by atoms with E-state index in [1.807, 2.05) is 0 Å². The predicted octanol–water partition coefficient (Wildman–Crippen LogP) is 1.37. The average molecular weight is 144 g/mol. The third-order valence-corrected chi connectivity index (χ3v) is 0.554. The van der Waals surface area contributed by atoms with Crippen molar-refractivity contribution in [3.63, 3.8) is 0 Å². The molecule has 0 amide bonds. The van der Waals surface area contributed by atoms with Gasteiger partial charge in [-0.2, -0.15) is 0 Å². The monoisotopic (exact) mass is 144 g/mol. The standard InChI is InChI=1S/2C4H8O/c1-4(2)3-5;1-3-4-5-2/h5H,1,3H2,2H3;3H,1,4H2,2H3. The molecule has 0 fully saturated rings. The first-order valence-corrected chi connectivity index (χ1v) is 3.04. The predicted molar refractivity (Wildman–Crippen MR) is 44.0 cm³/mol. The van der Waals surface area contributed by atoms with Crippen LogP contribution in [0.4, 0.5) is 0 Å². The Morgan fingerprint density at radius 2 is 2.10 bits per heavy atom. The summed E-state index contributed by atoms with van der Waals surface area (Å²) < 4.78 is 4.57. The molecule has 0 aliphatic heterocycles. The van der Waals surface area contributed by atoms with Crippen molar-refractivity contribution in [1.29, 1.82) is 0 Å². The summed E-state index contributed by atoms with van der Waals surface area (Å²) in [4.78, 5) is 0. The second-order valence-corrected chi connectivity index (χ2v) is 1.86. The van der Waals surface area contributed by atoms with Gasteiger partial charge in [0, 0.05) is 7.11 Å². The van der Waals surface area contributed by atoms with Crippen LogP contribution < -0.4 is 0 Å². The van der Waals surface area contributed by atoms with Crippen molar-refractivity contribution in [3.05, 3.63) is 24.8 Å². The lowest BCUT2D eigenvalue weighted by Gasteiger charge is -1.79. The Bertz CT molecular complexity index is 87.3. The third kappa shape index (κ3) is 26.2. The number of aliphatic hydroxyl groups excluding tert-OH is 1. The molecule has 1 N–H and O–H groups in total. The Labute approximate surface area is 62.8 Å². The fourth-order valence-electron chi connectivity index (χ4n) is 0.118. The van der Waals surface area contributed by atoms with Crippen molar-refractivity contribution in [2.45, 2.75) is 6.92 Å². The molecule has 0 radical (unpaired) electrons. The number of ether oxygens (including phenoxy) is 1. The molecule has 0 unspecified atom stereocenters. The van der Waals surface area contributed by atoms with E-state index in [4.69, 9.17) is 5.11 Å². The zero-order valence-electron chi connectivity index (χ0n) is 6.76. The quantitative estimate of drug-likeness (QED) is 0.606. The number of hydrogen-bond acceptors (Lipinski definition) is 2. The maximum atomic E-state index is 8.04. The van der Waals surface area contributed by atoms with Crippen LogP contribution in [-0.4, -0.2) is 25.4 Å². The number of aliphatic hydroxyl groups is 1. The van der Waals surface area contributed by atoms with Gasteiger partial charge in [0.15, 0.2) is 0 Å². The zero-order valence-corrected chi connectivity index (χ0v) is 6.76. The molecule has 0 aromatic heterocycles. The Hall–Kier alpha value is -0.600. The minimum atomic E-state index is 0.111. The van der Waals surface area contributed by atoms with Gasteiger partial charge in [0.1, 0.15) is 0 Å². The summed E-state index contributed by atoms with van der Waals surface area (Å²) in [5.41, 5.74) is 0.810. The third-order valence-electron chi connectivity index (χ3n) is 0.554. The normalized spacial score (nSPS) is 7.50. The van der Waals surface area contributed by atoms with E-state index in [1.54, 1.807) is 20.1 Å². The van der Waals surface area contributed by atoms with E-state index in [9.17, 15) is 0 Å². The number of hydrogen-bond donors (Lipinski definition) is 1. The summed E-state index contributed by atoms with van der Waals surface area (Å²) in [6.07, 6.45) is 1.71. The highest BCUT2D eigenvalue weighted by Gasteiger charge is 1.69. The number of rotatable bonds is 3. The van der Waals surface area contributed by atoms with E-state index < -0.39 is 0 Å². The smallest absolute Gasteiger partial charge is 0.0641 e. The van der Waals surface area contributed by atoms with Crippen LogP contribution in [0.5, 0.6) is 0 Å². The van der Waals surface area contributed by atoms with Gasteiger partial charge in [0.2, 0.25) is 0 Å². The molecule has 0 spiro atoms. The highest BCUT2D eigenvalue weighted by Crippen LogP contribution is 1.76. The Morgan fingerprint density at radius 3 is 2.10 bits per heavy atom. The first kappa shape index (κ1) is 12.1. The highest BCUT2D eigenvalue weighted by molar-refractivity contribution is 4.85. The molecule has 60 valence electrons. The fraction of sp³-hybridized carbons (Fsp3) is 0.500. The molecule has 10 heavy (non-hydrogen) atoms. The van der Waals surface area contributed by atoms with E-state index in [0.717, 1.165) is 5.57 Å². The van der Waals surface area contributed by atoms with Gasteiger partial charge in [-0.15, -0.1) is 6.58 Å². The largest absolute Gasteiger partial charge is 0.392 e.